The Kier molecular flexibility index (Phi) is 6.14. The second-order valence-corrected chi connectivity index (χ2v) is 7.14. The fourth-order valence-corrected chi connectivity index (χ4v) is 3.40. The molecule has 0 unspecified atom stereocenters. The number of carboxylic acid groups (broad SMARTS) is 1. The molecular weight excluding hydrogens is 306 g/mol. The molecule has 23 heavy (non-hydrogen) atoms. The molecule has 0 bridgehead atoms. The van der Waals surface area contributed by atoms with Crippen LogP contribution in [0.25, 0.3) is 0 Å². The van der Waals surface area contributed by atoms with Crippen molar-refractivity contribution in [3.8, 4) is 0 Å². The van der Waals surface area contributed by atoms with Gasteiger partial charge < -0.3 is 20.1 Å². The summed E-state index contributed by atoms with van der Waals surface area (Å²) in [5.74, 6) is -3.53. The first-order chi connectivity index (χ1) is 10.4. The Balaban J connectivity index is 2.83. The van der Waals surface area contributed by atoms with Crippen molar-refractivity contribution < 1.29 is 34.5 Å². The SMILES string of the molecule is CC1(C)CC(O)(OC(=O)CCC(=O)O)CC(C)(C)N1OCCO. The van der Waals surface area contributed by atoms with E-state index in [-0.39, 0.29) is 38.9 Å². The number of aliphatic hydroxyl groups excluding tert-OH is 1. The molecule has 0 aromatic carbocycles. The summed E-state index contributed by atoms with van der Waals surface area (Å²) in [5, 5.41) is 29.9. The van der Waals surface area contributed by atoms with Gasteiger partial charge in [-0.1, -0.05) is 0 Å². The number of carboxylic acids is 1. The summed E-state index contributed by atoms with van der Waals surface area (Å²) in [6, 6.07) is 0. The highest BCUT2D eigenvalue weighted by Gasteiger charge is 2.54. The Morgan fingerprint density at radius 3 is 2.04 bits per heavy atom. The van der Waals surface area contributed by atoms with E-state index >= 15 is 0 Å². The number of hydroxylamine groups is 2. The van der Waals surface area contributed by atoms with Gasteiger partial charge in [-0.05, 0) is 27.7 Å². The molecule has 0 saturated carbocycles. The summed E-state index contributed by atoms with van der Waals surface area (Å²) in [7, 11) is 0. The fraction of sp³-hybridized carbons (Fsp3) is 0.867. The lowest BCUT2D eigenvalue weighted by molar-refractivity contribution is -0.340. The first-order valence-corrected chi connectivity index (χ1v) is 7.62. The number of ether oxygens (including phenoxy) is 1. The van der Waals surface area contributed by atoms with Crippen LogP contribution in [0.1, 0.15) is 53.4 Å². The quantitative estimate of drug-likeness (QED) is 0.459. The highest BCUT2D eigenvalue weighted by atomic mass is 16.7. The largest absolute Gasteiger partial charge is 0.481 e. The molecule has 8 nitrogen and oxygen atoms in total. The van der Waals surface area contributed by atoms with Gasteiger partial charge in [0.25, 0.3) is 0 Å². The van der Waals surface area contributed by atoms with E-state index in [1.54, 1.807) is 5.06 Å². The van der Waals surface area contributed by atoms with Crippen LogP contribution in [-0.2, 0) is 19.2 Å². The maximum atomic E-state index is 11.8. The van der Waals surface area contributed by atoms with Crippen molar-refractivity contribution in [2.45, 2.75) is 70.2 Å². The zero-order valence-electron chi connectivity index (χ0n) is 14.2. The van der Waals surface area contributed by atoms with Gasteiger partial charge >= 0.3 is 11.9 Å². The fourth-order valence-electron chi connectivity index (χ4n) is 3.40. The molecule has 1 rings (SSSR count). The Morgan fingerprint density at radius 1 is 1.09 bits per heavy atom. The number of nitrogens with zero attached hydrogens (tertiary/aromatic N) is 1. The summed E-state index contributed by atoms with van der Waals surface area (Å²) in [6.45, 7) is 7.34. The van der Waals surface area contributed by atoms with Crippen LogP contribution in [0.4, 0.5) is 0 Å². The van der Waals surface area contributed by atoms with Crippen LogP contribution >= 0.6 is 0 Å². The number of aliphatic carboxylic acids is 1. The number of rotatable bonds is 7. The number of aliphatic hydroxyl groups is 2. The Labute approximate surface area is 135 Å². The topological polar surface area (TPSA) is 117 Å². The lowest BCUT2D eigenvalue weighted by atomic mass is 9.78. The molecule has 8 heteroatoms. The van der Waals surface area contributed by atoms with Gasteiger partial charge in [0.2, 0.25) is 5.79 Å². The zero-order chi connectivity index (χ0) is 17.9. The van der Waals surface area contributed by atoms with E-state index in [0.717, 1.165) is 0 Å². The Bertz CT molecular complexity index is 429. The molecule has 134 valence electrons. The second kappa shape index (κ2) is 7.12. The molecule has 1 heterocycles. The lowest BCUT2D eigenvalue weighted by Gasteiger charge is -2.55. The molecule has 0 atom stereocenters. The molecule has 0 aliphatic carbocycles. The van der Waals surface area contributed by atoms with Gasteiger partial charge in [0, 0.05) is 23.9 Å². The Morgan fingerprint density at radius 2 is 1.61 bits per heavy atom. The molecule has 1 saturated heterocycles. The lowest BCUT2D eigenvalue weighted by Crippen LogP contribution is -2.66. The first-order valence-electron chi connectivity index (χ1n) is 7.62. The standard InChI is InChI=1S/C15H27NO7/c1-13(2)9-15(21,23-12(20)6-5-11(18)19)10-14(3,4)16(13)22-8-7-17/h17,21H,5-10H2,1-4H3,(H,18,19). The van der Waals surface area contributed by atoms with Crippen molar-refractivity contribution in [1.82, 2.24) is 5.06 Å². The number of esters is 1. The third kappa shape index (κ3) is 5.42. The number of hydrogen-bond acceptors (Lipinski definition) is 7. The summed E-state index contributed by atoms with van der Waals surface area (Å²) in [6.07, 6.45) is -0.419. The minimum Gasteiger partial charge on any atom is -0.481 e. The van der Waals surface area contributed by atoms with Gasteiger partial charge in [0.15, 0.2) is 0 Å². The van der Waals surface area contributed by atoms with Gasteiger partial charge in [0.05, 0.1) is 26.1 Å². The third-order valence-corrected chi connectivity index (χ3v) is 3.68. The maximum absolute atomic E-state index is 11.8. The van der Waals surface area contributed by atoms with E-state index in [2.05, 4.69) is 0 Å². The minimum atomic E-state index is -1.69. The van der Waals surface area contributed by atoms with E-state index in [9.17, 15) is 14.7 Å². The van der Waals surface area contributed by atoms with Crippen LogP contribution in [-0.4, -0.2) is 62.4 Å². The average molecular weight is 333 g/mol. The van der Waals surface area contributed by atoms with Gasteiger partial charge in [-0.25, -0.2) is 0 Å². The predicted molar refractivity (Wildman–Crippen MR) is 80.2 cm³/mol. The summed E-state index contributed by atoms with van der Waals surface area (Å²) in [4.78, 5) is 27.9. The minimum absolute atomic E-state index is 0.105. The number of hydrogen-bond donors (Lipinski definition) is 3. The third-order valence-electron chi connectivity index (χ3n) is 3.68. The Hall–Kier alpha value is -1.22. The van der Waals surface area contributed by atoms with Crippen LogP contribution < -0.4 is 0 Å². The van der Waals surface area contributed by atoms with Crippen LogP contribution in [0.5, 0.6) is 0 Å². The summed E-state index contributed by atoms with van der Waals surface area (Å²) >= 11 is 0. The summed E-state index contributed by atoms with van der Waals surface area (Å²) in [5.41, 5.74) is -1.31. The van der Waals surface area contributed by atoms with Crippen molar-refractivity contribution in [3.63, 3.8) is 0 Å². The molecule has 1 aliphatic rings. The van der Waals surface area contributed by atoms with E-state index in [1.807, 2.05) is 27.7 Å². The van der Waals surface area contributed by atoms with Crippen molar-refractivity contribution in [3.05, 3.63) is 0 Å². The van der Waals surface area contributed by atoms with Crippen LogP contribution in [0.15, 0.2) is 0 Å². The molecule has 0 amide bonds. The van der Waals surface area contributed by atoms with Gasteiger partial charge in [-0.3, -0.25) is 14.4 Å². The number of piperidine rings is 1. The van der Waals surface area contributed by atoms with Gasteiger partial charge in [0.1, 0.15) is 0 Å². The zero-order valence-corrected chi connectivity index (χ0v) is 14.2. The number of carbonyl (C=O) groups is 2. The maximum Gasteiger partial charge on any atom is 0.308 e. The molecule has 1 fully saturated rings. The van der Waals surface area contributed by atoms with Crippen LogP contribution in [0, 0.1) is 0 Å². The van der Waals surface area contributed by atoms with Crippen molar-refractivity contribution in [2.75, 3.05) is 13.2 Å². The monoisotopic (exact) mass is 333 g/mol. The predicted octanol–water partition coefficient (Wildman–Crippen LogP) is 0.660. The van der Waals surface area contributed by atoms with E-state index in [4.69, 9.17) is 19.8 Å². The first kappa shape index (κ1) is 19.8. The molecule has 0 spiro atoms. The molecule has 0 aromatic rings. The highest BCUT2D eigenvalue weighted by molar-refractivity contribution is 5.76. The molecule has 0 radical (unpaired) electrons. The highest BCUT2D eigenvalue weighted by Crippen LogP contribution is 2.44. The molecule has 0 aromatic heterocycles. The second-order valence-electron chi connectivity index (χ2n) is 7.14. The molecule has 1 aliphatic heterocycles. The molecular formula is C15H27NO7. The number of carbonyl (C=O) groups excluding carboxylic acids is 1. The average Bonchev–Trinajstić information content (AvgIpc) is 2.32. The van der Waals surface area contributed by atoms with E-state index in [1.165, 1.54) is 0 Å². The normalized spacial score (nSPS) is 22.5. The van der Waals surface area contributed by atoms with Gasteiger partial charge in [-0.2, -0.15) is 5.06 Å². The van der Waals surface area contributed by atoms with Crippen LogP contribution in [0.3, 0.4) is 0 Å². The van der Waals surface area contributed by atoms with Crippen molar-refractivity contribution >= 4 is 11.9 Å². The van der Waals surface area contributed by atoms with Crippen LogP contribution in [0.2, 0.25) is 0 Å². The van der Waals surface area contributed by atoms with E-state index < -0.39 is 28.8 Å². The molecule has 3 N–H and O–H groups in total. The smallest absolute Gasteiger partial charge is 0.308 e. The summed E-state index contributed by atoms with van der Waals surface area (Å²) < 4.78 is 5.17. The van der Waals surface area contributed by atoms with Gasteiger partial charge in [-0.15, -0.1) is 0 Å². The van der Waals surface area contributed by atoms with Crippen molar-refractivity contribution in [1.29, 1.82) is 0 Å². The van der Waals surface area contributed by atoms with Crippen molar-refractivity contribution in [2.24, 2.45) is 0 Å². The van der Waals surface area contributed by atoms with E-state index in [0.29, 0.717) is 0 Å².